The van der Waals surface area contributed by atoms with Crippen molar-refractivity contribution in [1.29, 1.82) is 0 Å². The molecule has 3 N–H and O–H groups in total. The molecule has 0 bridgehead atoms. The maximum Gasteiger partial charge on any atom is 0.274 e. The molecule has 1 aromatic carbocycles. The second kappa shape index (κ2) is 9.74. The molecule has 0 saturated carbocycles. The summed E-state index contributed by atoms with van der Waals surface area (Å²) in [6.45, 7) is 0.992. The Labute approximate surface area is 146 Å². The number of aromatic nitrogens is 1. The minimum Gasteiger partial charge on any atom is -0.330 e. The van der Waals surface area contributed by atoms with Crippen molar-refractivity contribution in [2.45, 2.75) is 38.6 Å². The number of amides is 1. The molecule has 134 valence electrons. The van der Waals surface area contributed by atoms with Crippen molar-refractivity contribution < 1.29 is 9.18 Å². The van der Waals surface area contributed by atoms with E-state index in [1.165, 1.54) is 16.7 Å². The highest BCUT2D eigenvalue weighted by Crippen LogP contribution is 2.07. The van der Waals surface area contributed by atoms with Crippen molar-refractivity contribution in [2.75, 3.05) is 11.9 Å². The molecule has 1 heterocycles. The summed E-state index contributed by atoms with van der Waals surface area (Å²) in [6, 6.07) is 9.29. The number of hydrogen-bond acceptors (Lipinski definition) is 3. The standard InChI is InChI=1S/C19H24FN3O2/c20-16-10-8-15(9-11-16)14-23-13-5-6-17(19(23)25)22-18(24)7-3-1-2-4-12-21/h5-6,8-11,13H,1-4,7,12,14,21H2,(H,22,24). The number of carbonyl (C=O) groups is 1. The number of anilines is 1. The normalized spacial score (nSPS) is 10.6. The van der Waals surface area contributed by atoms with Crippen LogP contribution in [-0.2, 0) is 11.3 Å². The highest BCUT2D eigenvalue weighted by Gasteiger charge is 2.08. The average molecular weight is 345 g/mol. The second-order valence-corrected chi connectivity index (χ2v) is 5.98. The summed E-state index contributed by atoms with van der Waals surface area (Å²) in [5, 5.41) is 2.68. The van der Waals surface area contributed by atoms with E-state index in [2.05, 4.69) is 5.32 Å². The van der Waals surface area contributed by atoms with E-state index in [-0.39, 0.29) is 23.0 Å². The molecule has 2 aromatic rings. The lowest BCUT2D eigenvalue weighted by Gasteiger charge is -2.09. The number of halogens is 1. The summed E-state index contributed by atoms with van der Waals surface area (Å²) >= 11 is 0. The van der Waals surface area contributed by atoms with Gasteiger partial charge in [-0.15, -0.1) is 0 Å². The first kappa shape index (κ1) is 18.9. The van der Waals surface area contributed by atoms with Crippen molar-refractivity contribution in [2.24, 2.45) is 5.73 Å². The Kier molecular flexibility index (Phi) is 7.35. The molecule has 0 aliphatic heterocycles. The van der Waals surface area contributed by atoms with Gasteiger partial charge >= 0.3 is 0 Å². The van der Waals surface area contributed by atoms with Crippen LogP contribution in [0.3, 0.4) is 0 Å². The number of hydrogen-bond donors (Lipinski definition) is 2. The highest BCUT2D eigenvalue weighted by atomic mass is 19.1. The van der Waals surface area contributed by atoms with Crippen LogP contribution < -0.4 is 16.6 Å². The number of carbonyl (C=O) groups excluding carboxylic acids is 1. The molecule has 0 spiro atoms. The first-order valence-electron chi connectivity index (χ1n) is 8.54. The van der Waals surface area contributed by atoms with Crippen LogP contribution in [0.2, 0.25) is 0 Å². The summed E-state index contributed by atoms with van der Waals surface area (Å²) in [7, 11) is 0. The van der Waals surface area contributed by atoms with E-state index >= 15 is 0 Å². The van der Waals surface area contributed by atoms with Crippen molar-refractivity contribution in [3.8, 4) is 0 Å². The predicted octanol–water partition coefficient (Wildman–Crippen LogP) is 2.88. The van der Waals surface area contributed by atoms with E-state index in [0.717, 1.165) is 31.2 Å². The Hall–Kier alpha value is -2.47. The van der Waals surface area contributed by atoms with E-state index in [9.17, 15) is 14.0 Å². The van der Waals surface area contributed by atoms with Gasteiger partial charge in [-0.1, -0.05) is 25.0 Å². The smallest absolute Gasteiger partial charge is 0.274 e. The van der Waals surface area contributed by atoms with Gasteiger partial charge in [0.1, 0.15) is 11.5 Å². The van der Waals surface area contributed by atoms with Crippen LogP contribution in [0.15, 0.2) is 47.4 Å². The third kappa shape index (κ3) is 6.15. The van der Waals surface area contributed by atoms with Gasteiger partial charge in [0, 0.05) is 12.6 Å². The van der Waals surface area contributed by atoms with Gasteiger partial charge in [-0.3, -0.25) is 9.59 Å². The minimum absolute atomic E-state index is 0.163. The molecule has 0 aliphatic rings. The fraction of sp³-hybridized carbons (Fsp3) is 0.368. The maximum absolute atomic E-state index is 13.0. The quantitative estimate of drug-likeness (QED) is 0.686. The van der Waals surface area contributed by atoms with Gasteiger partial charge in [0.05, 0.1) is 6.54 Å². The number of benzene rings is 1. The van der Waals surface area contributed by atoms with Crippen LogP contribution >= 0.6 is 0 Å². The number of nitrogens with zero attached hydrogens (tertiary/aromatic N) is 1. The fourth-order valence-electron chi connectivity index (χ4n) is 2.54. The first-order chi connectivity index (χ1) is 12.1. The van der Waals surface area contributed by atoms with Gasteiger partial charge in [-0.05, 0) is 49.2 Å². The van der Waals surface area contributed by atoms with Gasteiger partial charge in [0.25, 0.3) is 5.56 Å². The SMILES string of the molecule is NCCCCCCC(=O)Nc1cccn(Cc2ccc(F)cc2)c1=O. The van der Waals surface area contributed by atoms with Gasteiger partial charge < -0.3 is 15.6 Å². The Morgan fingerprint density at radius 1 is 1.08 bits per heavy atom. The number of unbranched alkanes of at least 4 members (excludes halogenated alkanes) is 3. The largest absolute Gasteiger partial charge is 0.330 e. The molecule has 2 rings (SSSR count). The number of nitrogens with two attached hydrogens (primary N) is 1. The lowest BCUT2D eigenvalue weighted by Crippen LogP contribution is -2.25. The molecule has 5 nitrogen and oxygen atoms in total. The maximum atomic E-state index is 13.0. The topological polar surface area (TPSA) is 77.1 Å². The molecule has 0 radical (unpaired) electrons. The molecule has 6 heteroatoms. The zero-order valence-electron chi connectivity index (χ0n) is 14.2. The average Bonchev–Trinajstić information content (AvgIpc) is 2.60. The zero-order valence-corrected chi connectivity index (χ0v) is 14.2. The van der Waals surface area contributed by atoms with E-state index in [4.69, 9.17) is 5.73 Å². The summed E-state index contributed by atoms with van der Waals surface area (Å²) < 4.78 is 14.5. The van der Waals surface area contributed by atoms with Crippen LogP contribution in [-0.4, -0.2) is 17.0 Å². The Bertz CT molecular complexity index is 741. The number of pyridine rings is 1. The molecule has 25 heavy (non-hydrogen) atoms. The van der Waals surface area contributed by atoms with E-state index < -0.39 is 0 Å². The lowest BCUT2D eigenvalue weighted by molar-refractivity contribution is -0.116. The Balaban J connectivity index is 1.94. The Morgan fingerprint density at radius 2 is 1.80 bits per heavy atom. The van der Waals surface area contributed by atoms with Crippen molar-refractivity contribution in [1.82, 2.24) is 4.57 Å². The summed E-state index contributed by atoms with van der Waals surface area (Å²) in [6.07, 6.45) is 5.75. The summed E-state index contributed by atoms with van der Waals surface area (Å²) in [5.74, 6) is -0.479. The molecular weight excluding hydrogens is 321 g/mol. The van der Waals surface area contributed by atoms with Gasteiger partial charge in [-0.2, -0.15) is 0 Å². The van der Waals surface area contributed by atoms with Crippen LogP contribution in [0.25, 0.3) is 0 Å². The summed E-state index contributed by atoms with van der Waals surface area (Å²) in [5.41, 5.74) is 6.23. The van der Waals surface area contributed by atoms with Crippen LogP contribution in [0.4, 0.5) is 10.1 Å². The lowest BCUT2D eigenvalue weighted by atomic mass is 10.1. The molecule has 1 amide bonds. The van der Waals surface area contributed by atoms with Crippen LogP contribution in [0.5, 0.6) is 0 Å². The molecule has 1 aromatic heterocycles. The predicted molar refractivity (Wildman–Crippen MR) is 97.0 cm³/mol. The molecule has 0 atom stereocenters. The molecule has 0 aliphatic carbocycles. The van der Waals surface area contributed by atoms with E-state index in [1.807, 2.05) is 0 Å². The molecule has 0 saturated heterocycles. The van der Waals surface area contributed by atoms with Crippen molar-refractivity contribution >= 4 is 11.6 Å². The number of rotatable bonds is 9. The van der Waals surface area contributed by atoms with Gasteiger partial charge in [0.2, 0.25) is 5.91 Å². The van der Waals surface area contributed by atoms with Crippen molar-refractivity contribution in [3.05, 3.63) is 64.3 Å². The third-order valence-electron chi connectivity index (χ3n) is 3.92. The third-order valence-corrected chi connectivity index (χ3v) is 3.92. The van der Waals surface area contributed by atoms with E-state index in [0.29, 0.717) is 19.5 Å². The fourth-order valence-corrected chi connectivity index (χ4v) is 2.54. The van der Waals surface area contributed by atoms with Crippen LogP contribution in [0.1, 0.15) is 37.7 Å². The summed E-state index contributed by atoms with van der Waals surface area (Å²) in [4.78, 5) is 24.4. The Morgan fingerprint density at radius 3 is 2.52 bits per heavy atom. The monoisotopic (exact) mass is 345 g/mol. The second-order valence-electron chi connectivity index (χ2n) is 5.98. The molecular formula is C19H24FN3O2. The minimum atomic E-state index is -0.316. The van der Waals surface area contributed by atoms with E-state index in [1.54, 1.807) is 30.5 Å². The van der Waals surface area contributed by atoms with Crippen LogP contribution in [0, 0.1) is 5.82 Å². The highest BCUT2D eigenvalue weighted by molar-refractivity contribution is 5.90. The molecule has 0 fully saturated rings. The molecule has 0 unspecified atom stereocenters. The van der Waals surface area contributed by atoms with Gasteiger partial charge in [-0.25, -0.2) is 4.39 Å². The number of nitrogens with one attached hydrogen (secondary N) is 1. The van der Waals surface area contributed by atoms with Gasteiger partial charge in [0.15, 0.2) is 0 Å². The first-order valence-corrected chi connectivity index (χ1v) is 8.54. The zero-order chi connectivity index (χ0) is 18.1. The van der Waals surface area contributed by atoms with Crippen molar-refractivity contribution in [3.63, 3.8) is 0 Å².